The minimum Gasteiger partial charge on any atom is -0.497 e. The van der Waals surface area contributed by atoms with E-state index in [0.29, 0.717) is 11.3 Å². The molecule has 1 aromatic rings. The van der Waals surface area contributed by atoms with Gasteiger partial charge in [0.25, 0.3) is 0 Å². The van der Waals surface area contributed by atoms with Crippen molar-refractivity contribution in [2.45, 2.75) is 6.42 Å². The third-order valence-corrected chi connectivity index (χ3v) is 1.80. The molecule has 3 nitrogen and oxygen atoms in total. The maximum Gasteiger partial charge on any atom is 0.169 e. The van der Waals surface area contributed by atoms with E-state index in [9.17, 15) is 4.39 Å². The molecule has 1 aromatic carbocycles. The number of benzene rings is 1. The van der Waals surface area contributed by atoms with Crippen LogP contribution < -0.4 is 9.47 Å². The Bertz CT molecular complexity index is 371. The monoisotopic (exact) mass is 195 g/mol. The van der Waals surface area contributed by atoms with E-state index in [2.05, 4.69) is 0 Å². The lowest BCUT2D eigenvalue weighted by atomic mass is 10.1. The van der Waals surface area contributed by atoms with E-state index in [1.165, 1.54) is 20.3 Å². The number of methoxy groups -OCH3 is 2. The van der Waals surface area contributed by atoms with Crippen LogP contribution in [0.1, 0.15) is 5.56 Å². The number of hydrogen-bond donors (Lipinski definition) is 0. The van der Waals surface area contributed by atoms with E-state index in [-0.39, 0.29) is 12.2 Å². The zero-order valence-corrected chi connectivity index (χ0v) is 8.00. The van der Waals surface area contributed by atoms with Gasteiger partial charge in [0.15, 0.2) is 11.6 Å². The van der Waals surface area contributed by atoms with Gasteiger partial charge in [0.05, 0.1) is 26.7 Å². The maximum atomic E-state index is 13.3. The minimum absolute atomic E-state index is 0.0945. The molecule has 0 radical (unpaired) electrons. The Morgan fingerprint density at radius 1 is 1.36 bits per heavy atom. The van der Waals surface area contributed by atoms with Crippen LogP contribution in [0.4, 0.5) is 4.39 Å². The zero-order valence-electron chi connectivity index (χ0n) is 8.00. The van der Waals surface area contributed by atoms with E-state index in [0.717, 1.165) is 0 Å². The molecular formula is C10H10FNO2. The molecule has 0 aromatic heterocycles. The second-order valence-electron chi connectivity index (χ2n) is 2.64. The summed E-state index contributed by atoms with van der Waals surface area (Å²) in [5.41, 5.74) is 0.492. The Hall–Kier alpha value is -1.76. The van der Waals surface area contributed by atoms with Crippen LogP contribution in [0.2, 0.25) is 0 Å². The van der Waals surface area contributed by atoms with Gasteiger partial charge >= 0.3 is 0 Å². The fourth-order valence-electron chi connectivity index (χ4n) is 1.19. The van der Waals surface area contributed by atoms with E-state index in [1.54, 1.807) is 6.07 Å². The average Bonchev–Trinajstić information content (AvgIpc) is 2.18. The number of nitrogens with zero attached hydrogens (tertiary/aromatic N) is 1. The highest BCUT2D eigenvalue weighted by atomic mass is 19.1. The molecule has 0 heterocycles. The second kappa shape index (κ2) is 4.47. The van der Waals surface area contributed by atoms with Gasteiger partial charge in [0.2, 0.25) is 0 Å². The molecule has 0 N–H and O–H groups in total. The lowest BCUT2D eigenvalue weighted by molar-refractivity contribution is 0.373. The van der Waals surface area contributed by atoms with E-state index in [4.69, 9.17) is 14.7 Å². The smallest absolute Gasteiger partial charge is 0.169 e. The maximum absolute atomic E-state index is 13.3. The van der Waals surface area contributed by atoms with Crippen molar-refractivity contribution in [3.8, 4) is 17.6 Å². The van der Waals surface area contributed by atoms with Gasteiger partial charge in [-0.25, -0.2) is 4.39 Å². The molecule has 4 heteroatoms. The summed E-state index contributed by atoms with van der Waals surface area (Å²) in [6, 6.07) is 4.75. The predicted octanol–water partition coefficient (Wildman–Crippen LogP) is 1.91. The Balaban J connectivity index is 3.22. The molecule has 0 atom stereocenters. The molecule has 0 saturated carbocycles. The van der Waals surface area contributed by atoms with Crippen LogP contribution in [0.3, 0.4) is 0 Å². The van der Waals surface area contributed by atoms with Crippen LogP contribution in [0.5, 0.6) is 11.5 Å². The van der Waals surface area contributed by atoms with Gasteiger partial charge < -0.3 is 9.47 Å². The Morgan fingerprint density at radius 3 is 2.57 bits per heavy atom. The van der Waals surface area contributed by atoms with E-state index >= 15 is 0 Å². The highest BCUT2D eigenvalue weighted by Gasteiger charge is 2.11. The van der Waals surface area contributed by atoms with Gasteiger partial charge in [0.1, 0.15) is 5.75 Å². The third kappa shape index (κ3) is 1.94. The molecule has 0 unspecified atom stereocenters. The van der Waals surface area contributed by atoms with Crippen LogP contribution in [-0.2, 0) is 6.42 Å². The molecule has 74 valence electrons. The lowest BCUT2D eigenvalue weighted by Gasteiger charge is -2.08. The van der Waals surface area contributed by atoms with Crippen LogP contribution >= 0.6 is 0 Å². The number of halogens is 1. The molecule has 0 bridgehead atoms. The number of nitriles is 1. The molecule has 14 heavy (non-hydrogen) atoms. The molecular weight excluding hydrogens is 185 g/mol. The Morgan fingerprint density at radius 2 is 2.07 bits per heavy atom. The summed E-state index contributed by atoms with van der Waals surface area (Å²) in [4.78, 5) is 0. The summed E-state index contributed by atoms with van der Waals surface area (Å²) >= 11 is 0. The summed E-state index contributed by atoms with van der Waals surface area (Å²) < 4.78 is 23.0. The van der Waals surface area contributed by atoms with Crippen molar-refractivity contribution < 1.29 is 13.9 Å². The lowest BCUT2D eigenvalue weighted by Crippen LogP contribution is -1.96. The molecule has 1 rings (SSSR count). The average molecular weight is 195 g/mol. The first-order chi connectivity index (χ1) is 6.72. The van der Waals surface area contributed by atoms with Crippen molar-refractivity contribution in [2.24, 2.45) is 0 Å². The van der Waals surface area contributed by atoms with Gasteiger partial charge in [0, 0.05) is 11.6 Å². The predicted molar refractivity (Wildman–Crippen MR) is 48.8 cm³/mol. The molecule has 0 aliphatic rings. The second-order valence-corrected chi connectivity index (χ2v) is 2.64. The van der Waals surface area contributed by atoms with Gasteiger partial charge in [-0.2, -0.15) is 5.26 Å². The third-order valence-electron chi connectivity index (χ3n) is 1.80. The summed E-state index contributed by atoms with van der Waals surface area (Å²) in [5, 5.41) is 8.53. The standard InChI is InChI=1S/C10H10FNO2/c1-13-8-5-7(3-4-12)10(14-2)9(11)6-8/h5-6H,3H2,1-2H3. The van der Waals surface area contributed by atoms with Crippen molar-refractivity contribution >= 4 is 0 Å². The van der Waals surface area contributed by atoms with Crippen molar-refractivity contribution in [3.63, 3.8) is 0 Å². The first kappa shape index (κ1) is 10.3. The molecule has 0 fully saturated rings. The van der Waals surface area contributed by atoms with Gasteiger partial charge in [-0.15, -0.1) is 0 Å². The zero-order chi connectivity index (χ0) is 10.6. The summed E-state index contributed by atoms with van der Waals surface area (Å²) in [6.45, 7) is 0. The fraction of sp³-hybridized carbons (Fsp3) is 0.300. The fourth-order valence-corrected chi connectivity index (χ4v) is 1.19. The van der Waals surface area contributed by atoms with Crippen LogP contribution in [0, 0.1) is 17.1 Å². The van der Waals surface area contributed by atoms with Gasteiger partial charge in [-0.3, -0.25) is 0 Å². The first-order valence-corrected chi connectivity index (χ1v) is 4.00. The quantitative estimate of drug-likeness (QED) is 0.739. The van der Waals surface area contributed by atoms with Crippen molar-refractivity contribution in [3.05, 3.63) is 23.5 Å². The Kier molecular flexibility index (Phi) is 3.29. The van der Waals surface area contributed by atoms with Crippen LogP contribution in [-0.4, -0.2) is 14.2 Å². The molecule has 0 aliphatic heterocycles. The highest BCUT2D eigenvalue weighted by molar-refractivity contribution is 5.42. The SMILES string of the molecule is COc1cc(F)c(OC)c(CC#N)c1. The highest BCUT2D eigenvalue weighted by Crippen LogP contribution is 2.28. The minimum atomic E-state index is -0.517. The summed E-state index contributed by atoms with van der Waals surface area (Å²) in [7, 11) is 2.81. The largest absolute Gasteiger partial charge is 0.497 e. The topological polar surface area (TPSA) is 42.2 Å². The number of ether oxygens (including phenoxy) is 2. The number of hydrogen-bond acceptors (Lipinski definition) is 3. The van der Waals surface area contributed by atoms with Crippen molar-refractivity contribution in [2.75, 3.05) is 14.2 Å². The first-order valence-electron chi connectivity index (χ1n) is 4.00. The molecule has 0 spiro atoms. The van der Waals surface area contributed by atoms with E-state index < -0.39 is 5.82 Å². The Labute approximate surface area is 81.7 Å². The van der Waals surface area contributed by atoms with Crippen LogP contribution in [0.15, 0.2) is 12.1 Å². The normalized spacial score (nSPS) is 9.29. The van der Waals surface area contributed by atoms with Crippen molar-refractivity contribution in [1.29, 1.82) is 5.26 Å². The number of rotatable bonds is 3. The molecule has 0 aliphatic carbocycles. The summed E-state index contributed by atoms with van der Waals surface area (Å²) in [5.74, 6) is -0.0296. The molecule has 0 amide bonds. The van der Waals surface area contributed by atoms with E-state index in [1.807, 2.05) is 6.07 Å². The van der Waals surface area contributed by atoms with Crippen molar-refractivity contribution in [1.82, 2.24) is 0 Å². The molecule has 0 saturated heterocycles. The van der Waals surface area contributed by atoms with Gasteiger partial charge in [-0.05, 0) is 6.07 Å². The summed E-state index contributed by atoms with van der Waals surface area (Å²) in [6.07, 6.45) is 0.0945. The van der Waals surface area contributed by atoms with Crippen LogP contribution in [0.25, 0.3) is 0 Å². The van der Waals surface area contributed by atoms with Gasteiger partial charge in [-0.1, -0.05) is 0 Å².